The minimum Gasteiger partial charge on any atom is -0.377 e. The van der Waals surface area contributed by atoms with Gasteiger partial charge in [0, 0.05) is 11.3 Å². The number of hydrogen-bond acceptors (Lipinski definition) is 6. The molecule has 0 bridgehead atoms. The van der Waals surface area contributed by atoms with E-state index in [1.54, 1.807) is 18.2 Å². The second-order valence-electron chi connectivity index (χ2n) is 4.62. The van der Waals surface area contributed by atoms with Crippen molar-refractivity contribution < 1.29 is 4.92 Å². The molecule has 2 rings (SSSR count). The molecule has 104 valence electrons. The predicted octanol–water partition coefficient (Wildman–Crippen LogP) is 2.58. The summed E-state index contributed by atoms with van der Waals surface area (Å²) >= 11 is 1.86. The third-order valence-electron chi connectivity index (χ3n) is 3.45. The molecule has 0 spiro atoms. The number of hydrazine groups is 1. The lowest BCUT2D eigenvalue weighted by molar-refractivity contribution is -0.383. The van der Waals surface area contributed by atoms with Gasteiger partial charge in [0.1, 0.15) is 11.4 Å². The van der Waals surface area contributed by atoms with Gasteiger partial charge in [0.25, 0.3) is 0 Å². The summed E-state index contributed by atoms with van der Waals surface area (Å²) in [6.45, 7) is 0. The number of anilines is 2. The molecule has 0 aliphatic heterocycles. The molecule has 0 aromatic heterocycles. The van der Waals surface area contributed by atoms with Crippen molar-refractivity contribution in [2.24, 2.45) is 5.84 Å². The highest BCUT2D eigenvalue weighted by Gasteiger charge is 2.27. The van der Waals surface area contributed by atoms with Crippen molar-refractivity contribution in [3.63, 3.8) is 0 Å². The maximum Gasteiger partial charge on any atom is 0.316 e. The number of nitrogen functional groups attached to an aromatic ring is 1. The predicted molar refractivity (Wildman–Crippen MR) is 79.5 cm³/mol. The van der Waals surface area contributed by atoms with Crippen molar-refractivity contribution in [3.05, 3.63) is 28.3 Å². The fourth-order valence-corrected chi connectivity index (χ4v) is 3.27. The van der Waals surface area contributed by atoms with Gasteiger partial charge in [-0.1, -0.05) is 6.07 Å². The number of thioether (sulfide) groups is 1. The summed E-state index contributed by atoms with van der Waals surface area (Å²) in [4.78, 5) is 10.8. The highest BCUT2D eigenvalue weighted by Crippen LogP contribution is 2.36. The zero-order valence-corrected chi connectivity index (χ0v) is 11.6. The largest absolute Gasteiger partial charge is 0.377 e. The first-order chi connectivity index (χ1) is 9.15. The Morgan fingerprint density at radius 2 is 2.16 bits per heavy atom. The Morgan fingerprint density at radius 1 is 1.42 bits per heavy atom. The first-order valence-electron chi connectivity index (χ1n) is 6.19. The van der Waals surface area contributed by atoms with Crippen LogP contribution >= 0.6 is 11.8 Å². The van der Waals surface area contributed by atoms with Gasteiger partial charge in [-0.3, -0.25) is 16.0 Å². The Balaban J connectivity index is 2.18. The van der Waals surface area contributed by atoms with Crippen LogP contribution in [0.4, 0.5) is 17.1 Å². The van der Waals surface area contributed by atoms with Gasteiger partial charge in [-0.05, 0) is 37.7 Å². The quantitative estimate of drug-likeness (QED) is 0.436. The van der Waals surface area contributed by atoms with E-state index < -0.39 is 4.92 Å². The molecule has 0 amide bonds. The van der Waals surface area contributed by atoms with Gasteiger partial charge in [0.05, 0.1) is 4.92 Å². The molecule has 1 aromatic rings. The van der Waals surface area contributed by atoms with Crippen molar-refractivity contribution in [3.8, 4) is 0 Å². The van der Waals surface area contributed by atoms with Gasteiger partial charge >= 0.3 is 5.69 Å². The summed E-state index contributed by atoms with van der Waals surface area (Å²) in [6.07, 6.45) is 5.34. The molecular weight excluding hydrogens is 264 g/mol. The number of benzene rings is 1. The molecule has 2 atom stereocenters. The molecule has 1 fully saturated rings. The topological polar surface area (TPSA) is 93.2 Å². The molecule has 1 saturated carbocycles. The van der Waals surface area contributed by atoms with Crippen molar-refractivity contribution >= 4 is 28.8 Å². The monoisotopic (exact) mass is 282 g/mol. The van der Waals surface area contributed by atoms with Crippen LogP contribution in [0, 0.1) is 10.1 Å². The van der Waals surface area contributed by atoms with Gasteiger partial charge in [0.2, 0.25) is 0 Å². The molecule has 0 saturated heterocycles. The van der Waals surface area contributed by atoms with Gasteiger partial charge in [-0.2, -0.15) is 11.8 Å². The maximum atomic E-state index is 11.2. The van der Waals surface area contributed by atoms with E-state index in [4.69, 9.17) is 5.84 Å². The van der Waals surface area contributed by atoms with Crippen LogP contribution in [0.2, 0.25) is 0 Å². The molecule has 1 aromatic carbocycles. The standard InChI is InChI=1S/C12H18N4O2S/c1-19-9-6-5-8(7-9)14-10-3-2-4-11(15-13)12(10)16(17)18/h2-4,8-9,14-15H,5-7,13H2,1H3. The van der Waals surface area contributed by atoms with Crippen molar-refractivity contribution in [1.29, 1.82) is 0 Å². The Morgan fingerprint density at radius 3 is 2.74 bits per heavy atom. The molecule has 1 aliphatic rings. The van der Waals surface area contributed by atoms with Crippen LogP contribution < -0.4 is 16.6 Å². The Labute approximate surface area is 116 Å². The summed E-state index contributed by atoms with van der Waals surface area (Å²) in [6, 6.07) is 5.38. The molecule has 7 heteroatoms. The molecule has 4 N–H and O–H groups in total. The van der Waals surface area contributed by atoms with Crippen LogP contribution in [0.25, 0.3) is 0 Å². The first-order valence-corrected chi connectivity index (χ1v) is 7.47. The number of para-hydroxylation sites is 1. The summed E-state index contributed by atoms with van der Waals surface area (Å²) < 4.78 is 0. The molecular formula is C12H18N4O2S. The van der Waals surface area contributed by atoms with Gasteiger partial charge < -0.3 is 10.7 Å². The number of nitrogens with two attached hydrogens (primary N) is 1. The lowest BCUT2D eigenvalue weighted by Gasteiger charge is -2.15. The van der Waals surface area contributed by atoms with Crippen LogP contribution in [0.3, 0.4) is 0 Å². The number of nitrogens with one attached hydrogen (secondary N) is 2. The second-order valence-corrected chi connectivity index (χ2v) is 5.75. The maximum absolute atomic E-state index is 11.2. The van der Waals surface area contributed by atoms with Crippen LogP contribution in [-0.2, 0) is 0 Å². The molecule has 1 aliphatic carbocycles. The van der Waals surface area contributed by atoms with E-state index >= 15 is 0 Å². The third-order valence-corrected chi connectivity index (χ3v) is 4.55. The Bertz CT molecular complexity index is 469. The van der Waals surface area contributed by atoms with Gasteiger partial charge in [-0.15, -0.1) is 0 Å². The van der Waals surface area contributed by atoms with E-state index in [0.29, 0.717) is 22.7 Å². The summed E-state index contributed by atoms with van der Waals surface area (Å²) in [5.74, 6) is 5.32. The van der Waals surface area contributed by atoms with Crippen LogP contribution in [-0.4, -0.2) is 22.5 Å². The highest BCUT2D eigenvalue weighted by molar-refractivity contribution is 7.99. The lowest BCUT2D eigenvalue weighted by atomic mass is 10.2. The number of nitro benzene ring substituents is 1. The molecule has 2 unspecified atom stereocenters. The van der Waals surface area contributed by atoms with Gasteiger partial charge in [-0.25, -0.2) is 0 Å². The summed E-state index contributed by atoms with van der Waals surface area (Å²) in [5, 5.41) is 15.1. The Kier molecular flexibility index (Phi) is 4.49. The molecule has 6 nitrogen and oxygen atoms in total. The average Bonchev–Trinajstić information content (AvgIpc) is 2.85. The lowest BCUT2D eigenvalue weighted by Crippen LogP contribution is -2.18. The van der Waals surface area contributed by atoms with E-state index in [9.17, 15) is 10.1 Å². The van der Waals surface area contributed by atoms with E-state index in [1.165, 1.54) is 0 Å². The fourth-order valence-electron chi connectivity index (χ4n) is 2.48. The van der Waals surface area contributed by atoms with E-state index in [2.05, 4.69) is 17.0 Å². The number of rotatable bonds is 5. The third kappa shape index (κ3) is 3.10. The minimum absolute atomic E-state index is 0.0117. The van der Waals surface area contributed by atoms with Crippen molar-refractivity contribution in [2.45, 2.75) is 30.6 Å². The van der Waals surface area contributed by atoms with Crippen LogP contribution in [0.1, 0.15) is 19.3 Å². The average molecular weight is 282 g/mol. The minimum atomic E-state index is -0.404. The number of hydrogen-bond donors (Lipinski definition) is 3. The Hall–Kier alpha value is -1.47. The zero-order chi connectivity index (χ0) is 13.8. The molecule has 19 heavy (non-hydrogen) atoms. The molecule has 0 radical (unpaired) electrons. The number of nitrogens with zero attached hydrogens (tertiary/aromatic N) is 1. The van der Waals surface area contributed by atoms with Crippen molar-refractivity contribution in [2.75, 3.05) is 17.0 Å². The normalized spacial score (nSPS) is 22.2. The SMILES string of the molecule is CSC1CCC(Nc2cccc(NN)c2[N+](=O)[O-])C1. The van der Waals surface area contributed by atoms with Crippen molar-refractivity contribution in [1.82, 2.24) is 0 Å². The van der Waals surface area contributed by atoms with E-state index in [0.717, 1.165) is 19.3 Å². The van der Waals surface area contributed by atoms with E-state index in [-0.39, 0.29) is 5.69 Å². The first kappa shape index (κ1) is 14.0. The fraction of sp³-hybridized carbons (Fsp3) is 0.500. The molecule has 0 heterocycles. The smallest absolute Gasteiger partial charge is 0.316 e. The van der Waals surface area contributed by atoms with Gasteiger partial charge in [0.15, 0.2) is 0 Å². The number of nitro groups is 1. The zero-order valence-electron chi connectivity index (χ0n) is 10.8. The van der Waals surface area contributed by atoms with Crippen LogP contribution in [0.15, 0.2) is 18.2 Å². The van der Waals surface area contributed by atoms with E-state index in [1.807, 2.05) is 11.8 Å². The van der Waals surface area contributed by atoms with Crippen LogP contribution in [0.5, 0.6) is 0 Å². The summed E-state index contributed by atoms with van der Waals surface area (Å²) in [5.41, 5.74) is 3.25. The summed E-state index contributed by atoms with van der Waals surface area (Å²) in [7, 11) is 0. The second kappa shape index (κ2) is 6.12. The highest BCUT2D eigenvalue weighted by atomic mass is 32.2.